The van der Waals surface area contributed by atoms with E-state index in [1.54, 1.807) is 36.4 Å². The molecule has 0 heterocycles. The average molecular weight is 556 g/mol. The number of fused-ring (bicyclic) bond motifs is 2. The zero-order valence-electron chi connectivity index (χ0n) is 22.0. The van der Waals surface area contributed by atoms with Gasteiger partial charge in [0.25, 0.3) is 11.4 Å². The summed E-state index contributed by atoms with van der Waals surface area (Å²) in [6.07, 6.45) is 0. The predicted molar refractivity (Wildman–Crippen MR) is 153 cm³/mol. The fourth-order valence-electron chi connectivity index (χ4n) is 5.33. The molecule has 0 spiro atoms. The van der Waals surface area contributed by atoms with Gasteiger partial charge in [-0.15, -0.1) is 0 Å². The van der Waals surface area contributed by atoms with E-state index in [9.17, 15) is 21.0 Å². The first kappa shape index (κ1) is 27.5. The van der Waals surface area contributed by atoms with Crippen LogP contribution in [0.25, 0.3) is 48.1 Å². The molecule has 0 saturated heterocycles. The third-order valence-corrected chi connectivity index (χ3v) is 7.13. The minimum Gasteiger partial charge on any atom is -0.237 e. The number of allylic oxidation sites excluding steroid dienone is 7. The monoisotopic (exact) mass is 555 g/mol. The molecule has 0 amide bonds. The highest BCUT2D eigenvalue weighted by molar-refractivity contribution is 6.29. The van der Waals surface area contributed by atoms with Gasteiger partial charge in [0.15, 0.2) is 0 Å². The van der Waals surface area contributed by atoms with Crippen LogP contribution in [0, 0.1) is 83.6 Å². The van der Waals surface area contributed by atoms with Gasteiger partial charge in [-0.3, -0.25) is 0 Å². The molecule has 0 atom stereocenters. The van der Waals surface area contributed by atoms with Crippen LogP contribution in [-0.4, -0.2) is 0 Å². The quantitative estimate of drug-likeness (QED) is 0.238. The molecule has 2 aliphatic rings. The van der Waals surface area contributed by atoms with Gasteiger partial charge >= 0.3 is 0 Å². The van der Waals surface area contributed by atoms with Crippen molar-refractivity contribution in [1.82, 2.24) is 0 Å². The number of benzene rings is 3. The van der Waals surface area contributed by atoms with E-state index < -0.39 is 45.3 Å². The molecule has 0 radical (unpaired) electrons. The molecule has 3 aromatic carbocycles. The van der Waals surface area contributed by atoms with Crippen molar-refractivity contribution in [3.8, 4) is 24.3 Å². The van der Waals surface area contributed by atoms with Crippen LogP contribution >= 0.6 is 0 Å². The SMILES string of the molecule is [C-]#[N+]C1=C(c2ccc(C)cc2)/C(=C(/C#N)[N+]#[C-])c2c(F)c3c(c(F)c21)C(C#N)=C(c1ccc(C#N)cc1)/C3=C(\C#N)[N+]#[C-]. The zero-order chi connectivity index (χ0) is 31.0. The van der Waals surface area contributed by atoms with E-state index in [0.717, 1.165) is 5.56 Å². The fraction of sp³-hybridized carbons (Fsp3) is 0.0294. The van der Waals surface area contributed by atoms with Gasteiger partial charge in [0.05, 0.1) is 49.1 Å². The number of aryl methyl sites for hydroxylation is 1. The van der Waals surface area contributed by atoms with Crippen LogP contribution in [0.4, 0.5) is 8.78 Å². The zero-order valence-corrected chi connectivity index (χ0v) is 22.0. The lowest BCUT2D eigenvalue weighted by atomic mass is 9.89. The summed E-state index contributed by atoms with van der Waals surface area (Å²) in [5.74, 6) is -2.36. The molecular formula is C34H11F2N7. The van der Waals surface area contributed by atoms with Gasteiger partial charge in [0.1, 0.15) is 17.7 Å². The first-order valence-electron chi connectivity index (χ1n) is 12.3. The van der Waals surface area contributed by atoms with Crippen molar-refractivity contribution in [2.24, 2.45) is 0 Å². The number of hydrogen-bond acceptors (Lipinski definition) is 4. The molecule has 2 aliphatic carbocycles. The Morgan fingerprint density at radius 3 is 1.63 bits per heavy atom. The minimum absolute atomic E-state index is 0.0231. The van der Waals surface area contributed by atoms with Crippen LogP contribution in [0.3, 0.4) is 0 Å². The predicted octanol–water partition coefficient (Wildman–Crippen LogP) is 7.70. The number of rotatable bonds is 2. The summed E-state index contributed by atoms with van der Waals surface area (Å²) in [4.78, 5) is 9.99. The summed E-state index contributed by atoms with van der Waals surface area (Å²) >= 11 is 0. The maximum absolute atomic E-state index is 17.0. The largest absolute Gasteiger partial charge is 0.270 e. The van der Waals surface area contributed by atoms with Crippen LogP contribution in [0.15, 0.2) is 59.9 Å². The molecule has 5 rings (SSSR count). The van der Waals surface area contributed by atoms with Gasteiger partial charge in [-0.05, 0) is 46.9 Å². The van der Waals surface area contributed by atoms with Gasteiger partial charge < -0.3 is 0 Å². The molecule has 0 unspecified atom stereocenters. The molecule has 43 heavy (non-hydrogen) atoms. The molecule has 3 aromatic rings. The van der Waals surface area contributed by atoms with Crippen molar-refractivity contribution in [2.75, 3.05) is 0 Å². The van der Waals surface area contributed by atoms with Crippen molar-refractivity contribution in [3.05, 3.63) is 150 Å². The van der Waals surface area contributed by atoms with Gasteiger partial charge in [0, 0.05) is 27.8 Å². The van der Waals surface area contributed by atoms with Crippen molar-refractivity contribution in [2.45, 2.75) is 6.92 Å². The number of nitrogens with zero attached hydrogens (tertiary/aromatic N) is 7. The first-order chi connectivity index (χ1) is 20.8. The number of hydrogen-bond donors (Lipinski definition) is 0. The van der Waals surface area contributed by atoms with Gasteiger partial charge in [0.2, 0.25) is 5.70 Å². The highest BCUT2D eigenvalue weighted by Gasteiger charge is 2.43. The first-order valence-corrected chi connectivity index (χ1v) is 12.3. The average Bonchev–Trinajstić information content (AvgIpc) is 3.56. The van der Waals surface area contributed by atoms with Crippen LogP contribution in [0.5, 0.6) is 0 Å². The second kappa shape index (κ2) is 10.5. The maximum atomic E-state index is 17.0. The molecule has 9 heteroatoms. The summed E-state index contributed by atoms with van der Waals surface area (Å²) < 4.78 is 33.9. The van der Waals surface area contributed by atoms with Crippen molar-refractivity contribution >= 4 is 33.6 Å². The Hall–Kier alpha value is -7.09. The molecule has 0 fully saturated rings. The Balaban J connectivity index is 2.02. The van der Waals surface area contributed by atoms with E-state index in [1.165, 1.54) is 24.3 Å². The van der Waals surface area contributed by atoms with Gasteiger partial charge in [-0.25, -0.2) is 33.8 Å². The van der Waals surface area contributed by atoms with Crippen molar-refractivity contribution in [1.29, 1.82) is 21.0 Å². The molecule has 196 valence electrons. The van der Waals surface area contributed by atoms with E-state index >= 15 is 8.78 Å². The standard InChI is InChI=1S/C34H11F2N7/c1-17-5-9-20(10-6-17)25-28(23(16-40)42-3)30-31(34(25)43-4)32(35)26-21(14-38)24(19-11-7-18(13-37)8-12-19)27(22(15-39)41-2)29(26)33(30)36/h5-12H,1H3/b27-22-,28-23+. The van der Waals surface area contributed by atoms with Gasteiger partial charge in [-0.2, -0.15) is 10.5 Å². The number of halogens is 2. The Bertz CT molecular complexity index is 2220. The lowest BCUT2D eigenvalue weighted by Crippen LogP contribution is -2.05. The third-order valence-electron chi connectivity index (χ3n) is 7.13. The second-order valence-corrected chi connectivity index (χ2v) is 9.27. The lowest BCUT2D eigenvalue weighted by molar-refractivity contribution is 0.590. The van der Waals surface area contributed by atoms with Crippen LogP contribution in [0.2, 0.25) is 0 Å². The fourth-order valence-corrected chi connectivity index (χ4v) is 5.33. The van der Waals surface area contributed by atoms with Crippen molar-refractivity contribution in [3.63, 3.8) is 0 Å². The molecule has 0 saturated carbocycles. The smallest absolute Gasteiger partial charge is 0.237 e. The molecule has 0 aliphatic heterocycles. The van der Waals surface area contributed by atoms with E-state index in [1.807, 2.05) is 19.1 Å². The second-order valence-electron chi connectivity index (χ2n) is 9.27. The summed E-state index contributed by atoms with van der Waals surface area (Å²) in [6.45, 7) is 25.0. The van der Waals surface area contributed by atoms with E-state index in [-0.39, 0.29) is 44.7 Å². The minimum atomic E-state index is -1.19. The Labute approximate surface area is 244 Å². The molecule has 0 bridgehead atoms. The summed E-state index contributed by atoms with van der Waals surface area (Å²) in [5.41, 5.74) is -3.22. The highest BCUT2D eigenvalue weighted by atomic mass is 19.1. The Morgan fingerprint density at radius 2 is 1.14 bits per heavy atom. The highest BCUT2D eigenvalue weighted by Crippen LogP contribution is 2.57. The maximum Gasteiger partial charge on any atom is 0.270 e. The normalized spacial score (nSPS) is 15.1. The van der Waals surface area contributed by atoms with E-state index in [2.05, 4.69) is 14.5 Å². The lowest BCUT2D eigenvalue weighted by Gasteiger charge is -2.15. The van der Waals surface area contributed by atoms with E-state index in [4.69, 9.17) is 19.7 Å². The third kappa shape index (κ3) is 3.86. The molecule has 0 N–H and O–H groups in total. The Morgan fingerprint density at radius 1 is 0.651 bits per heavy atom. The topological polar surface area (TPSA) is 108 Å². The summed E-state index contributed by atoms with van der Waals surface area (Å²) in [7, 11) is 0. The summed E-state index contributed by atoms with van der Waals surface area (Å²) in [5, 5.41) is 39.2. The summed E-state index contributed by atoms with van der Waals surface area (Å²) in [6, 6.07) is 19.6. The van der Waals surface area contributed by atoms with Gasteiger partial charge in [-0.1, -0.05) is 42.0 Å². The Kier molecular flexibility index (Phi) is 6.69. The van der Waals surface area contributed by atoms with Crippen LogP contribution in [0.1, 0.15) is 44.5 Å². The molecular weight excluding hydrogens is 544 g/mol. The van der Waals surface area contributed by atoms with Crippen LogP contribution < -0.4 is 0 Å². The van der Waals surface area contributed by atoms with E-state index in [0.29, 0.717) is 5.56 Å². The molecule has 0 aromatic heterocycles. The molecule has 7 nitrogen and oxygen atoms in total. The number of nitriles is 4. The van der Waals surface area contributed by atoms with Crippen molar-refractivity contribution < 1.29 is 8.78 Å². The van der Waals surface area contributed by atoms with Crippen LogP contribution in [-0.2, 0) is 0 Å².